The highest BCUT2D eigenvalue weighted by Gasteiger charge is 2.19. The number of carbonyl (C=O) groups is 2. The van der Waals surface area contributed by atoms with Gasteiger partial charge in [-0.05, 0) is 42.9 Å². The van der Waals surface area contributed by atoms with Gasteiger partial charge >= 0.3 is 0 Å². The Morgan fingerprint density at radius 1 is 1.38 bits per heavy atom. The van der Waals surface area contributed by atoms with Crippen molar-refractivity contribution < 1.29 is 9.59 Å². The summed E-state index contributed by atoms with van der Waals surface area (Å²) >= 11 is 7.55. The molecule has 2 amide bonds. The molecular weight excluding hydrogens is 308 g/mol. The zero-order chi connectivity index (χ0) is 15.1. The van der Waals surface area contributed by atoms with Crippen molar-refractivity contribution in [1.29, 1.82) is 0 Å². The highest BCUT2D eigenvalue weighted by molar-refractivity contribution is 7.99. The summed E-state index contributed by atoms with van der Waals surface area (Å²) in [6, 6.07) is 7.79. The highest BCUT2D eigenvalue weighted by Crippen LogP contribution is 2.21. The molecule has 6 heteroatoms. The molecule has 1 aromatic carbocycles. The van der Waals surface area contributed by atoms with E-state index in [9.17, 15) is 9.59 Å². The Balaban J connectivity index is 1.59. The molecule has 0 aromatic heterocycles. The van der Waals surface area contributed by atoms with E-state index in [4.69, 9.17) is 11.6 Å². The topological polar surface area (TPSA) is 58.2 Å². The Hall–Kier alpha value is -1.20. The molecule has 1 atom stereocenters. The van der Waals surface area contributed by atoms with Gasteiger partial charge in [-0.25, -0.2) is 0 Å². The molecule has 1 aliphatic rings. The molecular formula is C15H19ClN2O2S. The Labute approximate surface area is 134 Å². The highest BCUT2D eigenvalue weighted by atomic mass is 35.5. The Kier molecular flexibility index (Phi) is 6.39. The summed E-state index contributed by atoms with van der Waals surface area (Å²) in [4.78, 5) is 24.0. The number of thioether (sulfide) groups is 1. The molecule has 1 saturated heterocycles. The molecule has 2 N–H and O–H groups in total. The fraction of sp³-hybridized carbons (Fsp3) is 0.467. The van der Waals surface area contributed by atoms with E-state index in [-0.39, 0.29) is 17.9 Å². The standard InChI is InChI=1S/C15H19ClN2O2S/c16-11-3-6-13(7-4-11)21-9-1-2-15(20)18-12-5-8-14(19)17-10-12/h3-4,6-7,12H,1-2,5,8-10H2,(H,17,19)(H,18,20). The third kappa shape index (κ3) is 5.98. The van der Waals surface area contributed by atoms with E-state index < -0.39 is 0 Å². The second-order valence-corrected chi connectivity index (χ2v) is 6.62. The smallest absolute Gasteiger partial charge is 0.220 e. The van der Waals surface area contributed by atoms with Gasteiger partial charge in [-0.15, -0.1) is 11.8 Å². The van der Waals surface area contributed by atoms with E-state index >= 15 is 0 Å². The minimum Gasteiger partial charge on any atom is -0.354 e. The van der Waals surface area contributed by atoms with Crippen LogP contribution in [-0.4, -0.2) is 30.2 Å². The van der Waals surface area contributed by atoms with Crippen LogP contribution in [0.5, 0.6) is 0 Å². The lowest BCUT2D eigenvalue weighted by atomic mass is 10.1. The number of halogens is 1. The van der Waals surface area contributed by atoms with E-state index in [1.807, 2.05) is 24.3 Å². The molecule has 1 unspecified atom stereocenters. The quantitative estimate of drug-likeness (QED) is 0.624. The molecule has 0 bridgehead atoms. The summed E-state index contributed by atoms with van der Waals surface area (Å²) in [6.45, 7) is 0.546. The van der Waals surface area contributed by atoms with Crippen molar-refractivity contribution in [2.75, 3.05) is 12.3 Å². The minimum atomic E-state index is 0.0628. The van der Waals surface area contributed by atoms with Crippen LogP contribution >= 0.6 is 23.4 Å². The van der Waals surface area contributed by atoms with Crippen LogP contribution in [0.4, 0.5) is 0 Å². The van der Waals surface area contributed by atoms with Gasteiger partial charge in [0.1, 0.15) is 0 Å². The summed E-state index contributed by atoms with van der Waals surface area (Å²) < 4.78 is 0. The first kappa shape index (κ1) is 16.2. The monoisotopic (exact) mass is 326 g/mol. The number of hydrogen-bond acceptors (Lipinski definition) is 3. The van der Waals surface area contributed by atoms with Gasteiger partial charge < -0.3 is 10.6 Å². The summed E-state index contributed by atoms with van der Waals surface area (Å²) in [5.74, 6) is 1.03. The number of benzene rings is 1. The normalized spacial score (nSPS) is 18.1. The lowest BCUT2D eigenvalue weighted by Gasteiger charge is -2.23. The van der Waals surface area contributed by atoms with Crippen molar-refractivity contribution in [2.45, 2.75) is 36.6 Å². The van der Waals surface area contributed by atoms with E-state index in [0.717, 1.165) is 28.5 Å². The fourth-order valence-electron chi connectivity index (χ4n) is 2.11. The molecule has 114 valence electrons. The first-order valence-electron chi connectivity index (χ1n) is 7.08. The summed E-state index contributed by atoms with van der Waals surface area (Å²) in [7, 11) is 0. The van der Waals surface area contributed by atoms with Crippen LogP contribution in [0.3, 0.4) is 0 Å². The van der Waals surface area contributed by atoms with Crippen molar-refractivity contribution in [3.05, 3.63) is 29.3 Å². The first-order chi connectivity index (χ1) is 10.1. The average molecular weight is 327 g/mol. The molecule has 1 aromatic rings. The fourth-order valence-corrected chi connectivity index (χ4v) is 3.09. The lowest BCUT2D eigenvalue weighted by Crippen LogP contribution is -2.47. The van der Waals surface area contributed by atoms with Crippen LogP contribution in [-0.2, 0) is 9.59 Å². The van der Waals surface area contributed by atoms with E-state index in [1.165, 1.54) is 0 Å². The molecule has 0 saturated carbocycles. The molecule has 1 heterocycles. The zero-order valence-corrected chi connectivity index (χ0v) is 13.3. The van der Waals surface area contributed by atoms with Crippen LogP contribution in [0.1, 0.15) is 25.7 Å². The van der Waals surface area contributed by atoms with Crippen molar-refractivity contribution >= 4 is 35.2 Å². The predicted molar refractivity (Wildman–Crippen MR) is 85.6 cm³/mol. The maximum absolute atomic E-state index is 11.8. The van der Waals surface area contributed by atoms with Crippen LogP contribution in [0.15, 0.2) is 29.2 Å². The molecule has 2 rings (SSSR count). The van der Waals surface area contributed by atoms with Gasteiger partial charge in [0.25, 0.3) is 0 Å². The number of rotatable bonds is 6. The SMILES string of the molecule is O=C1CCC(NC(=O)CCCSc2ccc(Cl)cc2)CN1. The van der Waals surface area contributed by atoms with Gasteiger partial charge in [-0.1, -0.05) is 11.6 Å². The number of carbonyl (C=O) groups excluding carboxylic acids is 2. The maximum Gasteiger partial charge on any atom is 0.220 e. The lowest BCUT2D eigenvalue weighted by molar-refractivity contribution is -0.125. The molecule has 21 heavy (non-hydrogen) atoms. The second-order valence-electron chi connectivity index (χ2n) is 5.01. The van der Waals surface area contributed by atoms with Gasteiger partial charge in [0.15, 0.2) is 0 Å². The van der Waals surface area contributed by atoms with Gasteiger partial charge in [-0.2, -0.15) is 0 Å². The third-order valence-electron chi connectivity index (χ3n) is 3.26. The number of amides is 2. The average Bonchev–Trinajstić information content (AvgIpc) is 2.48. The number of nitrogens with one attached hydrogen (secondary N) is 2. The largest absolute Gasteiger partial charge is 0.354 e. The van der Waals surface area contributed by atoms with Crippen molar-refractivity contribution in [1.82, 2.24) is 10.6 Å². The molecule has 1 fully saturated rings. The number of piperidine rings is 1. The minimum absolute atomic E-state index is 0.0628. The first-order valence-corrected chi connectivity index (χ1v) is 8.44. The Morgan fingerprint density at radius 3 is 2.81 bits per heavy atom. The summed E-state index contributed by atoms with van der Waals surface area (Å²) in [5.41, 5.74) is 0. The Bertz CT molecular complexity index is 483. The maximum atomic E-state index is 11.8. The van der Waals surface area contributed by atoms with E-state index in [2.05, 4.69) is 10.6 Å². The zero-order valence-electron chi connectivity index (χ0n) is 11.7. The molecule has 0 radical (unpaired) electrons. The van der Waals surface area contributed by atoms with Crippen LogP contribution < -0.4 is 10.6 Å². The molecule has 1 aliphatic heterocycles. The van der Waals surface area contributed by atoms with Gasteiger partial charge in [-0.3, -0.25) is 9.59 Å². The predicted octanol–water partition coefficient (Wildman–Crippen LogP) is 2.61. The van der Waals surface area contributed by atoms with E-state index in [0.29, 0.717) is 19.4 Å². The Morgan fingerprint density at radius 2 is 2.14 bits per heavy atom. The summed E-state index contributed by atoms with van der Waals surface area (Å²) in [6.07, 6.45) is 2.58. The van der Waals surface area contributed by atoms with Gasteiger partial charge in [0, 0.05) is 35.3 Å². The van der Waals surface area contributed by atoms with Gasteiger partial charge in [0.2, 0.25) is 11.8 Å². The molecule has 0 spiro atoms. The van der Waals surface area contributed by atoms with E-state index in [1.54, 1.807) is 11.8 Å². The third-order valence-corrected chi connectivity index (χ3v) is 4.61. The molecule has 4 nitrogen and oxygen atoms in total. The van der Waals surface area contributed by atoms with Gasteiger partial charge in [0.05, 0.1) is 0 Å². The van der Waals surface area contributed by atoms with Crippen molar-refractivity contribution in [2.24, 2.45) is 0 Å². The van der Waals surface area contributed by atoms with Crippen molar-refractivity contribution in [3.63, 3.8) is 0 Å². The summed E-state index contributed by atoms with van der Waals surface area (Å²) in [5, 5.41) is 6.46. The van der Waals surface area contributed by atoms with Crippen molar-refractivity contribution in [3.8, 4) is 0 Å². The van der Waals surface area contributed by atoms with Crippen LogP contribution in [0.25, 0.3) is 0 Å². The van der Waals surface area contributed by atoms with Crippen LogP contribution in [0, 0.1) is 0 Å². The van der Waals surface area contributed by atoms with Crippen LogP contribution in [0.2, 0.25) is 5.02 Å². The molecule has 0 aliphatic carbocycles. The number of hydrogen-bond donors (Lipinski definition) is 2. The second kappa shape index (κ2) is 8.29.